The van der Waals surface area contributed by atoms with Gasteiger partial charge in [0.2, 0.25) is 0 Å². The van der Waals surface area contributed by atoms with Gasteiger partial charge in [-0.15, -0.1) is 0 Å². The molecule has 4 nitrogen and oxygen atoms in total. The number of hydrogen-bond acceptors (Lipinski definition) is 3. The molecule has 0 bridgehead atoms. The van der Waals surface area contributed by atoms with Crippen molar-refractivity contribution < 1.29 is 8.83 Å². The van der Waals surface area contributed by atoms with E-state index in [-0.39, 0.29) is 0 Å². The molecule has 0 aliphatic rings. The minimum atomic E-state index is 0.827. The lowest BCUT2D eigenvalue weighted by atomic mass is 9.96. The van der Waals surface area contributed by atoms with Crippen molar-refractivity contribution in [3.63, 3.8) is 0 Å². The van der Waals surface area contributed by atoms with Crippen LogP contribution in [0.2, 0.25) is 0 Å². The summed E-state index contributed by atoms with van der Waals surface area (Å²) in [4.78, 5) is 5.40. The summed E-state index contributed by atoms with van der Waals surface area (Å²) in [6.45, 7) is 0. The fourth-order valence-corrected chi connectivity index (χ4v) is 9.60. The topological polar surface area (TPSA) is 44.1 Å². The van der Waals surface area contributed by atoms with Gasteiger partial charge in [-0.25, -0.2) is 4.98 Å². The Bertz CT molecular complexity index is 3910. The first-order valence-corrected chi connectivity index (χ1v) is 21.3. The Morgan fingerprint density at radius 1 is 0.302 bits per heavy atom. The summed E-state index contributed by atoms with van der Waals surface area (Å²) < 4.78 is 15.3. The zero-order chi connectivity index (χ0) is 41.4. The second kappa shape index (κ2) is 14.1. The van der Waals surface area contributed by atoms with Crippen LogP contribution in [0.25, 0.3) is 127 Å². The Hall–Kier alpha value is -8.47. The molecule has 294 valence electrons. The molecule has 0 unspecified atom stereocenters. The predicted octanol–water partition coefficient (Wildman–Crippen LogP) is 16.3. The maximum atomic E-state index is 6.59. The van der Waals surface area contributed by atoms with Gasteiger partial charge in [0.25, 0.3) is 0 Å². The van der Waals surface area contributed by atoms with Crippen LogP contribution in [0.5, 0.6) is 0 Å². The molecule has 13 rings (SSSR count). The van der Waals surface area contributed by atoms with Crippen LogP contribution in [0.4, 0.5) is 0 Å². The minimum absolute atomic E-state index is 0.827. The Balaban J connectivity index is 0.958. The van der Waals surface area contributed by atoms with Crippen LogP contribution in [0.15, 0.2) is 227 Å². The summed E-state index contributed by atoms with van der Waals surface area (Å²) in [6.07, 6.45) is 0. The molecule has 4 aromatic heterocycles. The first-order valence-electron chi connectivity index (χ1n) is 21.3. The second-order valence-electron chi connectivity index (χ2n) is 16.3. The number of benzene rings is 9. The van der Waals surface area contributed by atoms with E-state index in [2.05, 4.69) is 211 Å². The van der Waals surface area contributed by atoms with Crippen molar-refractivity contribution in [2.45, 2.75) is 0 Å². The van der Waals surface area contributed by atoms with Gasteiger partial charge in [-0.1, -0.05) is 140 Å². The van der Waals surface area contributed by atoms with Crippen molar-refractivity contribution >= 4 is 65.7 Å². The van der Waals surface area contributed by atoms with E-state index in [0.717, 1.165) is 94.3 Å². The smallest absolute Gasteiger partial charge is 0.136 e. The molecule has 0 aliphatic carbocycles. The molecule has 0 saturated heterocycles. The molecule has 0 atom stereocenters. The Morgan fingerprint density at radius 3 is 1.75 bits per heavy atom. The zero-order valence-corrected chi connectivity index (χ0v) is 34.0. The van der Waals surface area contributed by atoms with E-state index in [1.54, 1.807) is 0 Å². The Labute approximate surface area is 362 Å². The number of para-hydroxylation sites is 2. The number of rotatable bonds is 6. The van der Waals surface area contributed by atoms with E-state index in [1.807, 2.05) is 12.1 Å². The number of furan rings is 2. The summed E-state index contributed by atoms with van der Waals surface area (Å²) in [5.41, 5.74) is 17.5. The van der Waals surface area contributed by atoms with Crippen LogP contribution in [-0.2, 0) is 0 Å². The molecular formula is C59H36N2O2. The summed E-state index contributed by atoms with van der Waals surface area (Å²) in [6, 6.07) is 77.4. The highest BCUT2D eigenvalue weighted by atomic mass is 16.3. The number of pyridine rings is 1. The van der Waals surface area contributed by atoms with Crippen LogP contribution >= 0.6 is 0 Å². The molecular weight excluding hydrogens is 769 g/mol. The van der Waals surface area contributed by atoms with E-state index in [9.17, 15) is 0 Å². The van der Waals surface area contributed by atoms with Gasteiger partial charge in [-0.05, 0) is 112 Å². The van der Waals surface area contributed by atoms with Gasteiger partial charge >= 0.3 is 0 Å². The highest BCUT2D eigenvalue weighted by Gasteiger charge is 2.19. The molecule has 0 saturated carbocycles. The van der Waals surface area contributed by atoms with Crippen molar-refractivity contribution in [1.82, 2.24) is 9.55 Å². The Morgan fingerprint density at radius 2 is 0.889 bits per heavy atom. The monoisotopic (exact) mass is 804 g/mol. The van der Waals surface area contributed by atoms with Gasteiger partial charge in [-0.3, -0.25) is 0 Å². The fourth-order valence-electron chi connectivity index (χ4n) is 9.60. The summed E-state index contributed by atoms with van der Waals surface area (Å²) in [5, 5.41) is 6.73. The molecule has 0 spiro atoms. The molecule has 0 N–H and O–H groups in total. The third kappa shape index (κ3) is 5.80. The largest absolute Gasteiger partial charge is 0.456 e. The number of aromatic nitrogens is 2. The van der Waals surface area contributed by atoms with Gasteiger partial charge in [0.1, 0.15) is 22.3 Å². The van der Waals surface area contributed by atoms with Crippen LogP contribution in [0.1, 0.15) is 0 Å². The van der Waals surface area contributed by atoms with Crippen LogP contribution < -0.4 is 0 Å². The van der Waals surface area contributed by atoms with E-state index in [4.69, 9.17) is 13.8 Å². The molecule has 63 heavy (non-hydrogen) atoms. The zero-order valence-electron chi connectivity index (χ0n) is 34.0. The molecule has 0 aliphatic heterocycles. The lowest BCUT2D eigenvalue weighted by Gasteiger charge is -2.11. The quantitative estimate of drug-likeness (QED) is 0.168. The number of nitrogens with zero attached hydrogens (tertiary/aromatic N) is 2. The van der Waals surface area contributed by atoms with E-state index >= 15 is 0 Å². The van der Waals surface area contributed by atoms with Gasteiger partial charge in [0.05, 0.1) is 22.4 Å². The van der Waals surface area contributed by atoms with E-state index in [0.29, 0.717) is 0 Å². The van der Waals surface area contributed by atoms with Crippen LogP contribution in [0, 0.1) is 0 Å². The molecule has 4 heterocycles. The minimum Gasteiger partial charge on any atom is -0.456 e. The second-order valence-corrected chi connectivity index (χ2v) is 16.3. The average Bonchev–Trinajstić information content (AvgIpc) is 4.03. The first kappa shape index (κ1) is 35.3. The SMILES string of the molecule is c1ccc(-c2cccc(-n3c4ccccc4c4cc(-c5ccc6oc7cccc(-c8cc(-c9ccccc9)cc(-c9ccc%10c(c9)oc9ccccc9%10)n8)c7c6c5)ccc43)c2)cc1. The fraction of sp³-hybridized carbons (Fsp3) is 0. The lowest BCUT2D eigenvalue weighted by molar-refractivity contribution is 0.668. The average molecular weight is 805 g/mol. The van der Waals surface area contributed by atoms with Crippen molar-refractivity contribution in [2.75, 3.05) is 0 Å². The van der Waals surface area contributed by atoms with Gasteiger partial charge in [0.15, 0.2) is 0 Å². The standard InChI is InChI=1S/C59H36N2O2/c1-3-13-37(14-4-1)39-17-11-18-44(31-39)61-53-22-9-7-19-45(53)49-32-40(26-29-54(49)61)41-27-30-56-50(33-41)59-48(21-12-24-57(59)62-56)52-35-43(38-15-5-2-6-16-38)34-51(60-52)42-25-28-47-46-20-8-10-23-55(46)63-58(47)36-42/h1-36H. The molecule has 4 heteroatoms. The highest BCUT2D eigenvalue weighted by Crippen LogP contribution is 2.42. The first-order chi connectivity index (χ1) is 31.2. The highest BCUT2D eigenvalue weighted by molar-refractivity contribution is 6.14. The van der Waals surface area contributed by atoms with E-state index < -0.39 is 0 Å². The van der Waals surface area contributed by atoms with Crippen molar-refractivity contribution in [3.05, 3.63) is 218 Å². The summed E-state index contributed by atoms with van der Waals surface area (Å²) in [7, 11) is 0. The molecule has 13 aromatic rings. The maximum absolute atomic E-state index is 6.59. The van der Waals surface area contributed by atoms with E-state index in [1.165, 1.54) is 32.9 Å². The number of hydrogen-bond donors (Lipinski definition) is 0. The third-order valence-corrected chi connectivity index (χ3v) is 12.6. The van der Waals surface area contributed by atoms with Gasteiger partial charge in [-0.2, -0.15) is 0 Å². The maximum Gasteiger partial charge on any atom is 0.136 e. The number of fused-ring (bicyclic) bond motifs is 9. The molecule has 0 radical (unpaired) electrons. The molecule has 9 aromatic carbocycles. The van der Waals surface area contributed by atoms with Crippen molar-refractivity contribution in [2.24, 2.45) is 0 Å². The van der Waals surface area contributed by atoms with Crippen molar-refractivity contribution in [3.8, 4) is 61.6 Å². The summed E-state index contributed by atoms with van der Waals surface area (Å²) in [5.74, 6) is 0. The lowest BCUT2D eigenvalue weighted by Crippen LogP contribution is -1.94. The Kier molecular flexibility index (Phi) is 7.87. The summed E-state index contributed by atoms with van der Waals surface area (Å²) >= 11 is 0. The van der Waals surface area contributed by atoms with Crippen LogP contribution in [-0.4, -0.2) is 9.55 Å². The third-order valence-electron chi connectivity index (χ3n) is 12.6. The predicted molar refractivity (Wildman–Crippen MR) is 260 cm³/mol. The molecule has 0 fully saturated rings. The van der Waals surface area contributed by atoms with Gasteiger partial charge < -0.3 is 13.4 Å². The van der Waals surface area contributed by atoms with Crippen molar-refractivity contribution in [1.29, 1.82) is 0 Å². The molecule has 0 amide bonds. The van der Waals surface area contributed by atoms with Crippen LogP contribution in [0.3, 0.4) is 0 Å². The normalized spacial score (nSPS) is 11.8. The van der Waals surface area contributed by atoms with Gasteiger partial charge in [0, 0.05) is 49.1 Å².